The van der Waals surface area contributed by atoms with Gasteiger partial charge in [-0.05, 0) is 56.3 Å². The summed E-state index contributed by atoms with van der Waals surface area (Å²) >= 11 is 0. The molecular weight excluding hydrogens is 298 g/mol. The lowest BCUT2D eigenvalue weighted by Crippen LogP contribution is -2.19. The van der Waals surface area contributed by atoms with Crippen LogP contribution in [-0.2, 0) is 6.42 Å². The minimum Gasteiger partial charge on any atom is -0.492 e. The highest BCUT2D eigenvalue weighted by Gasteiger charge is 2.20. The van der Waals surface area contributed by atoms with Crippen molar-refractivity contribution in [2.24, 2.45) is 0 Å². The lowest BCUT2D eigenvalue weighted by molar-refractivity contribution is 0.102. The molecule has 2 aromatic rings. The number of aryl methyl sites for hydroxylation is 1. The zero-order valence-electron chi connectivity index (χ0n) is 14.3. The number of hydrogen-bond donors (Lipinski definition) is 0. The van der Waals surface area contributed by atoms with Gasteiger partial charge >= 0.3 is 0 Å². The Kier molecular flexibility index (Phi) is 5.11. The fraction of sp³-hybridized carbons (Fsp3) is 0.286. The molecule has 0 fully saturated rings. The molecule has 1 aliphatic rings. The Bertz CT molecular complexity index is 745. The quantitative estimate of drug-likeness (QED) is 0.784. The van der Waals surface area contributed by atoms with Crippen molar-refractivity contribution in [3.8, 4) is 5.75 Å². The monoisotopic (exact) mass is 321 g/mol. The van der Waals surface area contributed by atoms with Crippen LogP contribution in [-0.4, -0.2) is 37.9 Å². The number of ether oxygens (including phenoxy) is 1. The molecule has 3 heteroatoms. The van der Waals surface area contributed by atoms with Crippen LogP contribution >= 0.6 is 0 Å². The average Bonchev–Trinajstić information content (AvgIpc) is 2.59. The Hall–Kier alpha value is -2.39. The number of Topliss-reactive ketones (excluding diaryl/α,β-unsaturated/α-hetero) is 1. The van der Waals surface area contributed by atoms with Gasteiger partial charge in [0.2, 0.25) is 0 Å². The normalized spacial score (nSPS) is 15.6. The Morgan fingerprint density at radius 1 is 1.04 bits per heavy atom. The molecule has 0 bridgehead atoms. The predicted octanol–water partition coefficient (Wildman–Crippen LogP) is 3.84. The maximum atomic E-state index is 12.6. The first-order valence-electron chi connectivity index (χ1n) is 8.34. The van der Waals surface area contributed by atoms with Crippen molar-refractivity contribution in [3.63, 3.8) is 0 Å². The Labute approximate surface area is 143 Å². The van der Waals surface area contributed by atoms with Gasteiger partial charge in [0.05, 0.1) is 0 Å². The number of carbonyl (C=O) groups excluding carboxylic acids is 1. The summed E-state index contributed by atoms with van der Waals surface area (Å²) in [7, 11) is 4.05. The zero-order chi connectivity index (χ0) is 16.9. The second kappa shape index (κ2) is 7.45. The molecule has 0 N–H and O–H groups in total. The van der Waals surface area contributed by atoms with Gasteiger partial charge < -0.3 is 9.64 Å². The molecule has 0 amide bonds. The van der Waals surface area contributed by atoms with Gasteiger partial charge in [0.25, 0.3) is 0 Å². The van der Waals surface area contributed by atoms with E-state index in [9.17, 15) is 4.79 Å². The number of rotatable bonds is 5. The van der Waals surface area contributed by atoms with E-state index in [4.69, 9.17) is 4.74 Å². The fourth-order valence-electron chi connectivity index (χ4n) is 2.86. The highest BCUT2D eigenvalue weighted by Crippen LogP contribution is 2.26. The standard InChI is InChI=1S/C21H23NO2/c1-22(2)13-14-24-19-11-7-16(8-12-19)15-18-10-9-17-5-3-4-6-20(17)21(18)23/h3-8,11-12,15H,9-10,13-14H2,1-2H3. The summed E-state index contributed by atoms with van der Waals surface area (Å²) in [5.41, 5.74) is 3.93. The summed E-state index contributed by atoms with van der Waals surface area (Å²) in [5, 5.41) is 0. The van der Waals surface area contributed by atoms with Gasteiger partial charge in [-0.25, -0.2) is 0 Å². The van der Waals surface area contributed by atoms with Gasteiger partial charge in [0.15, 0.2) is 5.78 Å². The van der Waals surface area contributed by atoms with Crippen LogP contribution in [0.15, 0.2) is 54.1 Å². The van der Waals surface area contributed by atoms with E-state index in [2.05, 4.69) is 4.90 Å². The van der Waals surface area contributed by atoms with Crippen molar-refractivity contribution in [1.82, 2.24) is 4.90 Å². The summed E-state index contributed by atoms with van der Waals surface area (Å²) in [4.78, 5) is 14.7. The van der Waals surface area contributed by atoms with Crippen LogP contribution in [0, 0.1) is 0 Å². The van der Waals surface area contributed by atoms with E-state index in [1.54, 1.807) is 0 Å². The fourth-order valence-corrected chi connectivity index (χ4v) is 2.86. The van der Waals surface area contributed by atoms with Crippen molar-refractivity contribution in [2.75, 3.05) is 27.2 Å². The molecule has 24 heavy (non-hydrogen) atoms. The van der Waals surface area contributed by atoms with Crippen molar-refractivity contribution in [1.29, 1.82) is 0 Å². The van der Waals surface area contributed by atoms with Gasteiger partial charge in [0.1, 0.15) is 12.4 Å². The Morgan fingerprint density at radius 3 is 2.54 bits per heavy atom. The van der Waals surface area contributed by atoms with E-state index >= 15 is 0 Å². The first-order valence-corrected chi connectivity index (χ1v) is 8.34. The van der Waals surface area contributed by atoms with E-state index in [-0.39, 0.29) is 5.78 Å². The molecule has 0 aromatic heterocycles. The van der Waals surface area contributed by atoms with Crippen molar-refractivity contribution in [3.05, 3.63) is 70.8 Å². The van der Waals surface area contributed by atoms with Crippen LogP contribution in [0.3, 0.4) is 0 Å². The maximum Gasteiger partial charge on any atom is 0.189 e. The summed E-state index contributed by atoms with van der Waals surface area (Å²) in [5.74, 6) is 1.02. The molecule has 3 nitrogen and oxygen atoms in total. The third kappa shape index (κ3) is 3.92. The summed E-state index contributed by atoms with van der Waals surface area (Å²) in [6.07, 6.45) is 3.73. The largest absolute Gasteiger partial charge is 0.492 e. The van der Waals surface area contributed by atoms with Crippen LogP contribution in [0.1, 0.15) is 27.9 Å². The third-order valence-corrected chi connectivity index (χ3v) is 4.25. The average molecular weight is 321 g/mol. The second-order valence-electron chi connectivity index (χ2n) is 6.38. The smallest absolute Gasteiger partial charge is 0.189 e. The second-order valence-corrected chi connectivity index (χ2v) is 6.38. The van der Waals surface area contributed by atoms with E-state index in [1.807, 2.05) is 68.7 Å². The molecule has 2 aromatic carbocycles. The maximum absolute atomic E-state index is 12.6. The molecule has 0 unspecified atom stereocenters. The molecule has 0 radical (unpaired) electrons. The number of allylic oxidation sites excluding steroid dienone is 1. The van der Waals surface area contributed by atoms with Crippen molar-refractivity contribution >= 4 is 11.9 Å². The number of carbonyl (C=O) groups is 1. The van der Waals surface area contributed by atoms with E-state index in [0.29, 0.717) is 6.61 Å². The molecule has 124 valence electrons. The molecule has 3 rings (SSSR count). The van der Waals surface area contributed by atoms with Gasteiger partial charge in [-0.3, -0.25) is 4.79 Å². The summed E-state index contributed by atoms with van der Waals surface area (Å²) in [6, 6.07) is 15.8. The van der Waals surface area contributed by atoms with Gasteiger partial charge in [0, 0.05) is 17.7 Å². The summed E-state index contributed by atoms with van der Waals surface area (Å²) < 4.78 is 5.70. The van der Waals surface area contributed by atoms with Crippen LogP contribution in [0.5, 0.6) is 5.75 Å². The van der Waals surface area contributed by atoms with Crippen LogP contribution < -0.4 is 4.74 Å². The minimum absolute atomic E-state index is 0.156. The summed E-state index contributed by atoms with van der Waals surface area (Å²) in [6.45, 7) is 1.56. The zero-order valence-corrected chi connectivity index (χ0v) is 14.3. The van der Waals surface area contributed by atoms with Gasteiger partial charge in [-0.15, -0.1) is 0 Å². The minimum atomic E-state index is 0.156. The Balaban J connectivity index is 1.69. The molecule has 0 saturated carbocycles. The molecule has 0 spiro atoms. The van der Waals surface area contributed by atoms with E-state index in [1.165, 1.54) is 0 Å². The topological polar surface area (TPSA) is 29.5 Å². The number of fused-ring (bicyclic) bond motifs is 1. The first kappa shape index (κ1) is 16.5. The van der Waals surface area contributed by atoms with Crippen molar-refractivity contribution in [2.45, 2.75) is 12.8 Å². The molecule has 0 saturated heterocycles. The third-order valence-electron chi connectivity index (χ3n) is 4.25. The van der Waals surface area contributed by atoms with Crippen LogP contribution in [0.2, 0.25) is 0 Å². The van der Waals surface area contributed by atoms with Crippen LogP contribution in [0.4, 0.5) is 0 Å². The van der Waals surface area contributed by atoms with Gasteiger partial charge in [-0.2, -0.15) is 0 Å². The van der Waals surface area contributed by atoms with Gasteiger partial charge in [-0.1, -0.05) is 36.4 Å². The SMILES string of the molecule is CN(C)CCOc1ccc(C=C2CCc3ccccc3C2=O)cc1. The first-order chi connectivity index (χ1) is 11.6. The highest BCUT2D eigenvalue weighted by molar-refractivity contribution is 6.13. The molecule has 0 atom stereocenters. The number of benzene rings is 2. The predicted molar refractivity (Wildman–Crippen MR) is 97.6 cm³/mol. The molecule has 0 heterocycles. The Morgan fingerprint density at radius 2 is 1.79 bits per heavy atom. The highest BCUT2D eigenvalue weighted by atomic mass is 16.5. The molecular formula is C21H23NO2. The van der Waals surface area contributed by atoms with E-state index in [0.717, 1.165) is 47.4 Å². The lowest BCUT2D eigenvalue weighted by atomic mass is 9.86. The van der Waals surface area contributed by atoms with E-state index < -0.39 is 0 Å². The van der Waals surface area contributed by atoms with Crippen molar-refractivity contribution < 1.29 is 9.53 Å². The number of likely N-dealkylation sites (N-methyl/N-ethyl adjacent to an activating group) is 1. The number of hydrogen-bond acceptors (Lipinski definition) is 3. The molecule has 0 aliphatic heterocycles. The van der Waals surface area contributed by atoms with Crippen LogP contribution in [0.25, 0.3) is 6.08 Å². The number of ketones is 1. The number of nitrogens with zero attached hydrogens (tertiary/aromatic N) is 1. The lowest BCUT2D eigenvalue weighted by Gasteiger charge is -2.17. The molecule has 1 aliphatic carbocycles.